The highest BCUT2D eigenvalue weighted by molar-refractivity contribution is 6.30. The first-order valence-corrected chi connectivity index (χ1v) is 8.03. The van der Waals surface area contributed by atoms with E-state index in [9.17, 15) is 13.2 Å². The molecule has 0 aromatic heterocycles. The zero-order valence-corrected chi connectivity index (χ0v) is 13.3. The maximum atomic E-state index is 13.2. The fourth-order valence-corrected chi connectivity index (χ4v) is 2.95. The molecule has 1 N–H and O–H groups in total. The molecular weight excluding hydrogens is 315 g/mol. The molecule has 1 saturated heterocycles. The van der Waals surface area contributed by atoms with Gasteiger partial charge in [-0.25, -0.2) is 0 Å². The third-order valence-corrected chi connectivity index (χ3v) is 4.23. The SMILES string of the molecule is CCCC[C@@H](Oc1ccc(Cl)cc1C(F)(F)F)C1CCNC1. The second-order valence-corrected chi connectivity index (χ2v) is 6.13. The molecule has 0 spiro atoms. The molecule has 0 amide bonds. The maximum absolute atomic E-state index is 13.2. The predicted molar refractivity (Wildman–Crippen MR) is 81.4 cm³/mol. The van der Waals surface area contributed by atoms with Crippen LogP contribution in [0.1, 0.15) is 38.2 Å². The van der Waals surface area contributed by atoms with Gasteiger partial charge in [-0.05, 0) is 37.6 Å². The van der Waals surface area contributed by atoms with Crippen LogP contribution in [-0.2, 0) is 6.18 Å². The summed E-state index contributed by atoms with van der Waals surface area (Å²) in [5.41, 5.74) is -0.799. The van der Waals surface area contributed by atoms with E-state index in [0.29, 0.717) is 0 Å². The Morgan fingerprint density at radius 1 is 1.41 bits per heavy atom. The lowest BCUT2D eigenvalue weighted by Gasteiger charge is -2.26. The van der Waals surface area contributed by atoms with Gasteiger partial charge in [-0.2, -0.15) is 13.2 Å². The lowest BCUT2D eigenvalue weighted by Crippen LogP contribution is -2.29. The average molecular weight is 336 g/mol. The summed E-state index contributed by atoms with van der Waals surface area (Å²) in [4.78, 5) is 0. The lowest BCUT2D eigenvalue weighted by atomic mass is 9.96. The van der Waals surface area contributed by atoms with Crippen LogP contribution < -0.4 is 10.1 Å². The Morgan fingerprint density at radius 3 is 2.77 bits per heavy atom. The Hall–Kier alpha value is -0.940. The number of nitrogens with one attached hydrogen (secondary N) is 1. The van der Waals surface area contributed by atoms with Gasteiger partial charge in [0.15, 0.2) is 0 Å². The van der Waals surface area contributed by atoms with Crippen molar-refractivity contribution in [2.75, 3.05) is 13.1 Å². The van der Waals surface area contributed by atoms with Crippen LogP contribution in [0.25, 0.3) is 0 Å². The van der Waals surface area contributed by atoms with Gasteiger partial charge in [0, 0.05) is 17.5 Å². The molecule has 1 aliphatic rings. The summed E-state index contributed by atoms with van der Waals surface area (Å²) in [7, 11) is 0. The maximum Gasteiger partial charge on any atom is 0.420 e. The smallest absolute Gasteiger partial charge is 0.420 e. The van der Waals surface area contributed by atoms with Crippen LogP contribution in [0.15, 0.2) is 18.2 Å². The van der Waals surface area contributed by atoms with Crippen molar-refractivity contribution >= 4 is 11.6 Å². The van der Waals surface area contributed by atoms with Gasteiger partial charge in [0.2, 0.25) is 0 Å². The van der Waals surface area contributed by atoms with Gasteiger partial charge in [-0.15, -0.1) is 0 Å². The van der Waals surface area contributed by atoms with Gasteiger partial charge in [0.25, 0.3) is 0 Å². The highest BCUT2D eigenvalue weighted by atomic mass is 35.5. The number of hydrogen-bond acceptors (Lipinski definition) is 2. The van der Waals surface area contributed by atoms with Crippen molar-refractivity contribution < 1.29 is 17.9 Å². The van der Waals surface area contributed by atoms with E-state index in [4.69, 9.17) is 16.3 Å². The number of alkyl halides is 3. The van der Waals surface area contributed by atoms with E-state index in [0.717, 1.165) is 44.8 Å². The predicted octanol–water partition coefficient (Wildman–Crippen LogP) is 4.91. The molecule has 1 aromatic carbocycles. The summed E-state index contributed by atoms with van der Waals surface area (Å²) in [6, 6.07) is 3.70. The molecule has 2 atom stereocenters. The number of benzene rings is 1. The van der Waals surface area contributed by atoms with Gasteiger partial charge in [0.1, 0.15) is 11.9 Å². The lowest BCUT2D eigenvalue weighted by molar-refractivity contribution is -0.139. The van der Waals surface area contributed by atoms with Gasteiger partial charge >= 0.3 is 6.18 Å². The molecule has 1 fully saturated rings. The van der Waals surface area contributed by atoms with E-state index in [2.05, 4.69) is 12.2 Å². The normalized spacial score (nSPS) is 20.1. The number of hydrogen-bond donors (Lipinski definition) is 1. The Kier molecular flexibility index (Phi) is 5.98. The summed E-state index contributed by atoms with van der Waals surface area (Å²) in [6.07, 6.45) is -1.03. The van der Waals surface area contributed by atoms with Gasteiger partial charge in [-0.1, -0.05) is 31.4 Å². The van der Waals surface area contributed by atoms with Crippen molar-refractivity contribution in [3.63, 3.8) is 0 Å². The van der Waals surface area contributed by atoms with Crippen LogP contribution in [0.5, 0.6) is 5.75 Å². The quantitative estimate of drug-likeness (QED) is 0.798. The molecular formula is C16H21ClF3NO. The fourth-order valence-electron chi connectivity index (χ4n) is 2.78. The monoisotopic (exact) mass is 335 g/mol. The van der Waals surface area contributed by atoms with E-state index in [-0.39, 0.29) is 22.8 Å². The van der Waals surface area contributed by atoms with Gasteiger partial charge in [-0.3, -0.25) is 0 Å². The second-order valence-electron chi connectivity index (χ2n) is 5.69. The first-order chi connectivity index (χ1) is 10.4. The van der Waals surface area contributed by atoms with E-state index in [1.807, 2.05) is 0 Å². The molecule has 22 heavy (non-hydrogen) atoms. The van der Waals surface area contributed by atoms with Gasteiger partial charge < -0.3 is 10.1 Å². The molecule has 0 bridgehead atoms. The number of unbranched alkanes of at least 4 members (excludes halogenated alkanes) is 1. The molecule has 0 aliphatic carbocycles. The zero-order chi connectivity index (χ0) is 16.2. The van der Waals surface area contributed by atoms with Crippen molar-refractivity contribution in [3.05, 3.63) is 28.8 Å². The molecule has 2 rings (SSSR count). The summed E-state index contributed by atoms with van der Waals surface area (Å²) < 4.78 is 45.3. The highest BCUT2D eigenvalue weighted by Crippen LogP contribution is 2.39. The van der Waals surface area contributed by atoms with E-state index < -0.39 is 11.7 Å². The number of halogens is 4. The van der Waals surface area contributed by atoms with Gasteiger partial charge in [0.05, 0.1) is 5.56 Å². The first kappa shape index (κ1) is 17.4. The van der Waals surface area contributed by atoms with Crippen molar-refractivity contribution in [2.24, 2.45) is 5.92 Å². The third-order valence-electron chi connectivity index (χ3n) is 3.99. The summed E-state index contributed by atoms with van der Waals surface area (Å²) in [5.74, 6) is 0.133. The van der Waals surface area contributed by atoms with Crippen molar-refractivity contribution in [2.45, 2.75) is 44.9 Å². The van der Waals surface area contributed by atoms with Crippen molar-refractivity contribution in [1.29, 1.82) is 0 Å². The molecule has 1 aliphatic heterocycles. The molecule has 2 nitrogen and oxygen atoms in total. The Bertz CT molecular complexity index is 487. The summed E-state index contributed by atoms with van der Waals surface area (Å²) >= 11 is 5.70. The molecule has 1 aromatic rings. The molecule has 0 saturated carbocycles. The van der Waals surface area contributed by atoms with E-state index >= 15 is 0 Å². The van der Waals surface area contributed by atoms with Crippen LogP contribution in [0.3, 0.4) is 0 Å². The zero-order valence-electron chi connectivity index (χ0n) is 12.5. The number of ether oxygens (including phenoxy) is 1. The Balaban J connectivity index is 2.21. The standard InChI is InChI=1S/C16H21ClF3NO/c1-2-3-4-14(11-7-8-21-10-11)22-15-6-5-12(17)9-13(15)16(18,19)20/h5-6,9,11,14,21H,2-4,7-8,10H2,1H3/t11?,14-/m1/s1. The first-order valence-electron chi connectivity index (χ1n) is 7.66. The minimum atomic E-state index is -4.47. The third kappa shape index (κ3) is 4.53. The van der Waals surface area contributed by atoms with E-state index in [1.54, 1.807) is 0 Å². The van der Waals surface area contributed by atoms with Crippen molar-refractivity contribution in [1.82, 2.24) is 5.32 Å². The van der Waals surface area contributed by atoms with Crippen LogP contribution in [0, 0.1) is 5.92 Å². The number of rotatable bonds is 6. The fraction of sp³-hybridized carbons (Fsp3) is 0.625. The topological polar surface area (TPSA) is 21.3 Å². The molecule has 1 unspecified atom stereocenters. The highest BCUT2D eigenvalue weighted by Gasteiger charge is 2.36. The second kappa shape index (κ2) is 7.55. The Morgan fingerprint density at radius 2 is 2.18 bits per heavy atom. The van der Waals surface area contributed by atoms with Crippen LogP contribution in [0.4, 0.5) is 13.2 Å². The van der Waals surface area contributed by atoms with E-state index in [1.165, 1.54) is 12.1 Å². The summed E-state index contributed by atoms with van der Waals surface area (Å²) in [5, 5.41) is 3.31. The molecule has 6 heteroatoms. The minimum absolute atomic E-state index is 0.0623. The average Bonchev–Trinajstić information content (AvgIpc) is 2.98. The minimum Gasteiger partial charge on any atom is -0.489 e. The largest absolute Gasteiger partial charge is 0.489 e. The summed E-state index contributed by atoms with van der Waals surface area (Å²) in [6.45, 7) is 3.75. The molecule has 124 valence electrons. The van der Waals surface area contributed by atoms with Crippen LogP contribution in [-0.4, -0.2) is 19.2 Å². The molecule has 0 radical (unpaired) electrons. The Labute approximate surface area is 134 Å². The van der Waals surface area contributed by atoms with Crippen LogP contribution in [0.2, 0.25) is 5.02 Å². The van der Waals surface area contributed by atoms with Crippen LogP contribution >= 0.6 is 11.6 Å². The molecule has 1 heterocycles. The van der Waals surface area contributed by atoms with Crippen molar-refractivity contribution in [3.8, 4) is 5.75 Å².